The SMILES string of the molecule is O=[N+]([O-])c1ccc(CNC2(CO)CC2)cc1. The molecule has 5 heteroatoms. The molecular formula is C11H14N2O3. The fourth-order valence-electron chi connectivity index (χ4n) is 1.57. The van der Waals surface area contributed by atoms with E-state index < -0.39 is 4.92 Å². The first-order chi connectivity index (χ1) is 7.65. The van der Waals surface area contributed by atoms with Crippen LogP contribution in [-0.4, -0.2) is 22.2 Å². The molecule has 1 fully saturated rings. The van der Waals surface area contributed by atoms with Crippen molar-refractivity contribution in [2.45, 2.75) is 24.9 Å². The van der Waals surface area contributed by atoms with Crippen molar-refractivity contribution < 1.29 is 10.0 Å². The molecule has 0 heterocycles. The highest BCUT2D eigenvalue weighted by atomic mass is 16.6. The van der Waals surface area contributed by atoms with Gasteiger partial charge >= 0.3 is 0 Å². The van der Waals surface area contributed by atoms with Crippen LogP contribution in [-0.2, 0) is 6.54 Å². The number of nitro benzene ring substituents is 1. The maximum atomic E-state index is 10.4. The predicted molar refractivity (Wildman–Crippen MR) is 59.0 cm³/mol. The van der Waals surface area contributed by atoms with Gasteiger partial charge in [-0.15, -0.1) is 0 Å². The van der Waals surface area contributed by atoms with Crippen LogP contribution < -0.4 is 5.32 Å². The van der Waals surface area contributed by atoms with E-state index in [4.69, 9.17) is 5.11 Å². The highest BCUT2D eigenvalue weighted by Gasteiger charge is 2.41. The fourth-order valence-corrected chi connectivity index (χ4v) is 1.57. The summed E-state index contributed by atoms with van der Waals surface area (Å²) >= 11 is 0. The molecule has 2 rings (SSSR count). The van der Waals surface area contributed by atoms with Crippen molar-refractivity contribution in [3.8, 4) is 0 Å². The normalized spacial score (nSPS) is 17.1. The summed E-state index contributed by atoms with van der Waals surface area (Å²) in [7, 11) is 0. The Kier molecular flexibility index (Phi) is 2.89. The molecule has 1 aromatic carbocycles. The van der Waals surface area contributed by atoms with Crippen LogP contribution in [0.2, 0.25) is 0 Å². The molecule has 0 bridgehead atoms. The average Bonchev–Trinajstić information content (AvgIpc) is 3.08. The van der Waals surface area contributed by atoms with Crippen molar-refractivity contribution in [3.05, 3.63) is 39.9 Å². The van der Waals surface area contributed by atoms with Crippen LogP contribution in [0.25, 0.3) is 0 Å². The van der Waals surface area contributed by atoms with E-state index in [1.807, 2.05) is 0 Å². The van der Waals surface area contributed by atoms with Crippen LogP contribution in [0.1, 0.15) is 18.4 Å². The number of hydrogen-bond donors (Lipinski definition) is 2. The zero-order chi connectivity index (χ0) is 11.6. The summed E-state index contributed by atoms with van der Waals surface area (Å²) in [6.07, 6.45) is 1.99. The quantitative estimate of drug-likeness (QED) is 0.580. The molecule has 1 aromatic rings. The van der Waals surface area contributed by atoms with Crippen molar-refractivity contribution in [1.29, 1.82) is 0 Å². The standard InChI is InChI=1S/C11H14N2O3/c14-8-11(5-6-11)12-7-9-1-3-10(4-2-9)13(15)16/h1-4,12,14H,5-8H2. The molecule has 1 saturated carbocycles. The molecule has 86 valence electrons. The minimum Gasteiger partial charge on any atom is -0.394 e. The summed E-state index contributed by atoms with van der Waals surface area (Å²) in [5.41, 5.74) is 0.999. The molecule has 0 atom stereocenters. The second-order valence-electron chi connectivity index (χ2n) is 4.22. The number of aliphatic hydroxyl groups excluding tert-OH is 1. The summed E-state index contributed by atoms with van der Waals surface area (Å²) in [5.74, 6) is 0. The molecule has 1 aliphatic rings. The summed E-state index contributed by atoms with van der Waals surface area (Å²) in [6, 6.07) is 6.46. The summed E-state index contributed by atoms with van der Waals surface area (Å²) < 4.78 is 0. The maximum absolute atomic E-state index is 10.4. The van der Waals surface area contributed by atoms with Gasteiger partial charge in [0.1, 0.15) is 0 Å². The van der Waals surface area contributed by atoms with Gasteiger partial charge in [0.2, 0.25) is 0 Å². The van der Waals surface area contributed by atoms with Gasteiger partial charge < -0.3 is 10.4 Å². The van der Waals surface area contributed by atoms with Gasteiger partial charge in [-0.2, -0.15) is 0 Å². The molecule has 0 unspecified atom stereocenters. The van der Waals surface area contributed by atoms with Crippen LogP contribution in [0.4, 0.5) is 5.69 Å². The Morgan fingerprint density at radius 2 is 2.00 bits per heavy atom. The summed E-state index contributed by atoms with van der Waals surface area (Å²) in [4.78, 5) is 10.0. The van der Waals surface area contributed by atoms with Crippen molar-refractivity contribution >= 4 is 5.69 Å². The highest BCUT2D eigenvalue weighted by Crippen LogP contribution is 2.34. The Balaban J connectivity index is 1.93. The number of nitro groups is 1. The Labute approximate surface area is 93.2 Å². The lowest BCUT2D eigenvalue weighted by molar-refractivity contribution is -0.384. The molecule has 0 amide bonds. The lowest BCUT2D eigenvalue weighted by Gasteiger charge is -2.13. The number of non-ortho nitro benzene ring substituents is 1. The zero-order valence-corrected chi connectivity index (χ0v) is 8.85. The molecule has 0 radical (unpaired) electrons. The van der Waals surface area contributed by atoms with Gasteiger partial charge in [0, 0.05) is 24.2 Å². The molecule has 2 N–H and O–H groups in total. The van der Waals surface area contributed by atoms with Gasteiger partial charge in [-0.25, -0.2) is 0 Å². The zero-order valence-electron chi connectivity index (χ0n) is 8.85. The largest absolute Gasteiger partial charge is 0.394 e. The third kappa shape index (κ3) is 2.37. The first-order valence-electron chi connectivity index (χ1n) is 5.24. The number of nitrogens with one attached hydrogen (secondary N) is 1. The molecule has 0 saturated heterocycles. The summed E-state index contributed by atoms with van der Waals surface area (Å²) in [5, 5.41) is 22.8. The molecule has 16 heavy (non-hydrogen) atoms. The summed E-state index contributed by atoms with van der Waals surface area (Å²) in [6.45, 7) is 0.790. The monoisotopic (exact) mass is 222 g/mol. The van der Waals surface area contributed by atoms with E-state index >= 15 is 0 Å². The van der Waals surface area contributed by atoms with Crippen LogP contribution in [0, 0.1) is 10.1 Å². The fraction of sp³-hybridized carbons (Fsp3) is 0.455. The second-order valence-corrected chi connectivity index (χ2v) is 4.22. The second kappa shape index (κ2) is 4.19. The predicted octanol–water partition coefficient (Wildman–Crippen LogP) is 1.21. The van der Waals surface area contributed by atoms with E-state index in [1.54, 1.807) is 12.1 Å². The first kappa shape index (κ1) is 11.0. The van der Waals surface area contributed by atoms with Crippen LogP contribution in [0.15, 0.2) is 24.3 Å². The van der Waals surface area contributed by atoms with E-state index in [9.17, 15) is 10.1 Å². The molecule has 0 aliphatic heterocycles. The molecule has 5 nitrogen and oxygen atoms in total. The van der Waals surface area contributed by atoms with E-state index in [0.717, 1.165) is 18.4 Å². The third-order valence-corrected chi connectivity index (χ3v) is 2.97. The van der Waals surface area contributed by atoms with Gasteiger partial charge in [0.25, 0.3) is 5.69 Å². The number of rotatable bonds is 5. The lowest BCUT2D eigenvalue weighted by Crippen LogP contribution is -2.34. The van der Waals surface area contributed by atoms with Crippen molar-refractivity contribution in [3.63, 3.8) is 0 Å². The van der Waals surface area contributed by atoms with E-state index in [1.165, 1.54) is 12.1 Å². The molecule has 1 aliphatic carbocycles. The van der Waals surface area contributed by atoms with Gasteiger partial charge in [-0.05, 0) is 18.4 Å². The van der Waals surface area contributed by atoms with Crippen LogP contribution >= 0.6 is 0 Å². The van der Waals surface area contributed by atoms with Crippen molar-refractivity contribution in [2.75, 3.05) is 6.61 Å². The van der Waals surface area contributed by atoms with E-state index in [-0.39, 0.29) is 17.8 Å². The van der Waals surface area contributed by atoms with Crippen LogP contribution in [0.3, 0.4) is 0 Å². The number of nitrogens with zero attached hydrogens (tertiary/aromatic N) is 1. The van der Waals surface area contributed by atoms with Gasteiger partial charge in [0.15, 0.2) is 0 Å². The Morgan fingerprint density at radius 1 is 1.38 bits per heavy atom. The first-order valence-corrected chi connectivity index (χ1v) is 5.24. The van der Waals surface area contributed by atoms with E-state index in [2.05, 4.69) is 5.32 Å². The van der Waals surface area contributed by atoms with Gasteiger partial charge in [0.05, 0.1) is 11.5 Å². The van der Waals surface area contributed by atoms with Crippen LogP contribution in [0.5, 0.6) is 0 Å². The van der Waals surface area contributed by atoms with Crippen molar-refractivity contribution in [2.24, 2.45) is 0 Å². The third-order valence-electron chi connectivity index (χ3n) is 2.97. The Bertz CT molecular complexity index is 385. The number of aliphatic hydroxyl groups is 1. The Hall–Kier alpha value is -1.46. The Morgan fingerprint density at radius 3 is 2.44 bits per heavy atom. The van der Waals surface area contributed by atoms with Gasteiger partial charge in [-0.1, -0.05) is 12.1 Å². The van der Waals surface area contributed by atoms with E-state index in [0.29, 0.717) is 6.54 Å². The molecule has 0 spiro atoms. The molecular weight excluding hydrogens is 208 g/mol. The average molecular weight is 222 g/mol. The van der Waals surface area contributed by atoms with Crippen molar-refractivity contribution in [1.82, 2.24) is 5.32 Å². The molecule has 0 aromatic heterocycles. The lowest BCUT2D eigenvalue weighted by atomic mass is 10.2. The topological polar surface area (TPSA) is 75.4 Å². The maximum Gasteiger partial charge on any atom is 0.269 e. The minimum atomic E-state index is -0.409. The van der Waals surface area contributed by atoms with Gasteiger partial charge in [-0.3, -0.25) is 10.1 Å². The smallest absolute Gasteiger partial charge is 0.269 e. The number of benzene rings is 1. The minimum absolute atomic E-state index is 0.0955. The highest BCUT2D eigenvalue weighted by molar-refractivity contribution is 5.32. The number of hydrogen-bond acceptors (Lipinski definition) is 4.